The summed E-state index contributed by atoms with van der Waals surface area (Å²) in [4.78, 5) is 0. The van der Waals surface area contributed by atoms with Crippen molar-refractivity contribution in [3.05, 3.63) is 47.7 Å². The molecule has 12 heavy (non-hydrogen) atoms. The first-order valence-corrected chi connectivity index (χ1v) is 3.94. The molecule has 0 saturated heterocycles. The molecular weight excluding hydrogens is 172 g/mol. The van der Waals surface area contributed by atoms with Crippen LogP contribution < -0.4 is 4.74 Å². The first-order valence-electron chi connectivity index (χ1n) is 3.56. The average molecular weight is 181 g/mol. The third-order valence-corrected chi connectivity index (χ3v) is 1.62. The lowest BCUT2D eigenvalue weighted by Crippen LogP contribution is -1.92. The highest BCUT2D eigenvalue weighted by Crippen LogP contribution is 2.22. The molecule has 0 spiro atoms. The van der Waals surface area contributed by atoms with Crippen LogP contribution in [0.25, 0.3) is 0 Å². The van der Waals surface area contributed by atoms with E-state index >= 15 is 0 Å². The summed E-state index contributed by atoms with van der Waals surface area (Å²) in [6, 6.07) is 7.34. The molecule has 0 aliphatic rings. The van der Waals surface area contributed by atoms with Gasteiger partial charge in [-0.2, -0.15) is 0 Å². The van der Waals surface area contributed by atoms with Crippen LogP contribution in [0.3, 0.4) is 0 Å². The smallest absolute Gasteiger partial charge is 0.138 e. The van der Waals surface area contributed by atoms with Crippen molar-refractivity contribution in [1.82, 2.24) is 0 Å². The van der Waals surface area contributed by atoms with Gasteiger partial charge in [0.05, 0.1) is 5.02 Å². The molecule has 1 aromatic rings. The van der Waals surface area contributed by atoms with Gasteiger partial charge in [-0.15, -0.1) is 5.73 Å². The summed E-state index contributed by atoms with van der Waals surface area (Å²) < 4.78 is 5.29. The molecule has 62 valence electrons. The lowest BCUT2D eigenvalue weighted by molar-refractivity contribution is 0.363. The molecule has 0 fully saturated rings. The van der Waals surface area contributed by atoms with E-state index in [0.29, 0.717) is 17.4 Å². The highest BCUT2D eigenvalue weighted by molar-refractivity contribution is 6.32. The topological polar surface area (TPSA) is 9.23 Å². The van der Waals surface area contributed by atoms with Gasteiger partial charge in [0.2, 0.25) is 0 Å². The lowest BCUT2D eigenvalue weighted by atomic mass is 10.3. The van der Waals surface area contributed by atoms with Gasteiger partial charge in [0.15, 0.2) is 0 Å². The van der Waals surface area contributed by atoms with Gasteiger partial charge in [-0.05, 0) is 18.2 Å². The Morgan fingerprint density at radius 1 is 1.50 bits per heavy atom. The number of hydrogen-bond acceptors (Lipinski definition) is 1. The fourth-order valence-corrected chi connectivity index (χ4v) is 0.942. The van der Waals surface area contributed by atoms with Gasteiger partial charge >= 0.3 is 0 Å². The summed E-state index contributed by atoms with van der Waals surface area (Å²) in [6.07, 6.45) is 1.70. The van der Waals surface area contributed by atoms with Gasteiger partial charge in [-0.1, -0.05) is 30.3 Å². The molecule has 1 rings (SSSR count). The van der Waals surface area contributed by atoms with E-state index in [1.165, 1.54) is 0 Å². The van der Waals surface area contributed by atoms with Crippen molar-refractivity contribution in [2.45, 2.75) is 0 Å². The number of ether oxygens (including phenoxy) is 1. The predicted molar refractivity (Wildman–Crippen MR) is 50.7 cm³/mol. The fraction of sp³-hybridized carbons (Fsp3) is 0.100. The average Bonchev–Trinajstić information content (AvgIpc) is 2.09. The molecule has 0 atom stereocenters. The predicted octanol–water partition coefficient (Wildman–Crippen LogP) is 3.06. The highest BCUT2D eigenvalue weighted by atomic mass is 35.5. The molecule has 2 heteroatoms. The van der Waals surface area contributed by atoms with Crippen LogP contribution in [0.2, 0.25) is 5.02 Å². The molecule has 0 saturated carbocycles. The van der Waals surface area contributed by atoms with E-state index in [1.807, 2.05) is 18.2 Å². The summed E-state index contributed by atoms with van der Waals surface area (Å²) in [5.41, 5.74) is 2.61. The Hall–Kier alpha value is -1.17. The van der Waals surface area contributed by atoms with Crippen LogP contribution in [-0.4, -0.2) is 6.61 Å². The van der Waals surface area contributed by atoms with E-state index in [4.69, 9.17) is 16.3 Å². The van der Waals surface area contributed by atoms with Crippen LogP contribution in [0, 0.1) is 0 Å². The molecule has 0 N–H and O–H groups in total. The molecule has 0 aromatic heterocycles. The molecule has 1 aromatic carbocycles. The Labute approximate surface area is 76.9 Å². The maximum absolute atomic E-state index is 5.83. The summed E-state index contributed by atoms with van der Waals surface area (Å²) in [6.45, 7) is 3.87. The molecule has 0 radical (unpaired) electrons. The minimum Gasteiger partial charge on any atom is -0.487 e. The standard InChI is InChI=1S/C10H9ClO/c1-2-3-8-12-10-7-5-4-6-9(10)11/h3-7H,1,8H2. The summed E-state index contributed by atoms with van der Waals surface area (Å²) in [5, 5.41) is 0.620. The van der Waals surface area contributed by atoms with Gasteiger partial charge in [-0.3, -0.25) is 0 Å². The normalized spacial score (nSPS) is 8.75. The Morgan fingerprint density at radius 2 is 2.25 bits per heavy atom. The number of para-hydroxylation sites is 1. The van der Waals surface area contributed by atoms with Crippen molar-refractivity contribution in [1.29, 1.82) is 0 Å². The molecule has 0 aliphatic heterocycles. The third kappa shape index (κ3) is 2.46. The summed E-state index contributed by atoms with van der Waals surface area (Å²) >= 11 is 5.83. The molecule has 0 aliphatic carbocycles. The summed E-state index contributed by atoms with van der Waals surface area (Å²) in [7, 11) is 0. The van der Waals surface area contributed by atoms with E-state index in [1.54, 1.807) is 12.1 Å². The van der Waals surface area contributed by atoms with E-state index in [9.17, 15) is 0 Å². The van der Waals surface area contributed by atoms with Crippen molar-refractivity contribution in [2.24, 2.45) is 0 Å². The van der Waals surface area contributed by atoms with E-state index in [0.717, 1.165) is 0 Å². The Balaban J connectivity index is 2.62. The quantitative estimate of drug-likeness (QED) is 0.650. The fourth-order valence-electron chi connectivity index (χ4n) is 0.752. The monoisotopic (exact) mass is 180 g/mol. The largest absolute Gasteiger partial charge is 0.487 e. The minimum absolute atomic E-state index is 0.452. The lowest BCUT2D eigenvalue weighted by Gasteiger charge is -2.03. The first kappa shape index (κ1) is 8.92. The van der Waals surface area contributed by atoms with Crippen molar-refractivity contribution in [3.8, 4) is 5.75 Å². The van der Waals surface area contributed by atoms with E-state index in [-0.39, 0.29) is 0 Å². The Morgan fingerprint density at radius 3 is 2.92 bits per heavy atom. The van der Waals surface area contributed by atoms with Crippen LogP contribution in [0.4, 0.5) is 0 Å². The zero-order chi connectivity index (χ0) is 8.81. The molecule has 0 unspecified atom stereocenters. The molecule has 0 heterocycles. The van der Waals surface area contributed by atoms with Gasteiger partial charge in [0, 0.05) is 0 Å². The molecule has 1 nitrogen and oxygen atoms in total. The third-order valence-electron chi connectivity index (χ3n) is 1.30. The van der Waals surface area contributed by atoms with Crippen molar-refractivity contribution in [3.63, 3.8) is 0 Å². The van der Waals surface area contributed by atoms with Crippen LogP contribution >= 0.6 is 11.6 Å². The second-order valence-corrected chi connectivity index (χ2v) is 2.56. The number of hydrogen-bond donors (Lipinski definition) is 0. The Kier molecular flexibility index (Phi) is 3.46. The van der Waals surface area contributed by atoms with Crippen LogP contribution in [-0.2, 0) is 0 Å². The van der Waals surface area contributed by atoms with Gasteiger partial charge < -0.3 is 4.74 Å². The highest BCUT2D eigenvalue weighted by Gasteiger charge is 1.96. The SMILES string of the molecule is C=C=CCOc1ccccc1Cl. The van der Waals surface area contributed by atoms with Gasteiger partial charge in [0.25, 0.3) is 0 Å². The van der Waals surface area contributed by atoms with Crippen molar-refractivity contribution >= 4 is 11.6 Å². The zero-order valence-electron chi connectivity index (χ0n) is 6.59. The van der Waals surface area contributed by atoms with Crippen molar-refractivity contribution in [2.75, 3.05) is 6.61 Å². The maximum atomic E-state index is 5.83. The first-order chi connectivity index (χ1) is 5.84. The zero-order valence-corrected chi connectivity index (χ0v) is 7.34. The maximum Gasteiger partial charge on any atom is 0.138 e. The number of benzene rings is 1. The second kappa shape index (κ2) is 4.66. The van der Waals surface area contributed by atoms with Gasteiger partial charge in [0.1, 0.15) is 12.4 Å². The van der Waals surface area contributed by atoms with Crippen molar-refractivity contribution < 1.29 is 4.74 Å². The molecular formula is C10H9ClO. The van der Waals surface area contributed by atoms with Crippen LogP contribution in [0.15, 0.2) is 42.7 Å². The van der Waals surface area contributed by atoms with E-state index in [2.05, 4.69) is 12.3 Å². The van der Waals surface area contributed by atoms with Gasteiger partial charge in [-0.25, -0.2) is 0 Å². The minimum atomic E-state index is 0.452. The second-order valence-electron chi connectivity index (χ2n) is 2.15. The Bertz CT molecular complexity index is 300. The molecule has 0 bridgehead atoms. The van der Waals surface area contributed by atoms with E-state index < -0.39 is 0 Å². The summed E-state index contributed by atoms with van der Waals surface area (Å²) in [5.74, 6) is 0.686. The number of rotatable bonds is 3. The van der Waals surface area contributed by atoms with Crippen LogP contribution in [0.5, 0.6) is 5.75 Å². The number of halogens is 1. The molecule has 0 amide bonds. The van der Waals surface area contributed by atoms with Crippen LogP contribution in [0.1, 0.15) is 0 Å².